The van der Waals surface area contributed by atoms with Crippen LogP contribution >= 0.6 is 11.8 Å². The molecule has 0 amide bonds. The Hall–Kier alpha value is -1.10. The molecular weight excluding hydrogens is 212 g/mol. The number of nitrogens with one attached hydrogen (secondary N) is 1. The smallest absolute Gasteiger partial charge is 0.251 e. The van der Waals surface area contributed by atoms with E-state index in [1.807, 2.05) is 0 Å². The molecule has 0 aliphatic heterocycles. The van der Waals surface area contributed by atoms with Crippen LogP contribution in [0.1, 0.15) is 18.5 Å². The van der Waals surface area contributed by atoms with Crippen LogP contribution in [0.5, 0.6) is 0 Å². The predicted molar refractivity (Wildman–Crippen MR) is 58.0 cm³/mol. The van der Waals surface area contributed by atoms with Gasteiger partial charge in [0, 0.05) is 17.7 Å². The molecule has 2 rings (SSSR count). The Morgan fingerprint density at radius 3 is 3.00 bits per heavy atom. The Bertz CT molecular complexity index is 437. The second-order valence-corrected chi connectivity index (χ2v) is 4.69. The maximum atomic E-state index is 11.4. The van der Waals surface area contributed by atoms with Gasteiger partial charge in [0.2, 0.25) is 0 Å². The van der Waals surface area contributed by atoms with Crippen molar-refractivity contribution in [2.24, 2.45) is 5.92 Å². The maximum absolute atomic E-state index is 11.4. The van der Waals surface area contributed by atoms with Crippen LogP contribution in [0, 0.1) is 12.8 Å². The maximum Gasteiger partial charge on any atom is 0.251 e. The van der Waals surface area contributed by atoms with E-state index in [9.17, 15) is 9.59 Å². The van der Waals surface area contributed by atoms with Gasteiger partial charge in [0.05, 0.1) is 5.75 Å². The number of thioether (sulfide) groups is 1. The molecule has 1 aromatic heterocycles. The molecule has 1 aliphatic carbocycles. The summed E-state index contributed by atoms with van der Waals surface area (Å²) in [5.74, 6) is 0.954. The zero-order valence-electron chi connectivity index (χ0n) is 8.45. The third kappa shape index (κ3) is 2.92. The molecule has 0 bridgehead atoms. The molecular formula is C10H12N2O2S. The monoisotopic (exact) mass is 224 g/mol. The van der Waals surface area contributed by atoms with Gasteiger partial charge in [0.15, 0.2) is 5.16 Å². The van der Waals surface area contributed by atoms with Gasteiger partial charge in [-0.2, -0.15) is 0 Å². The fourth-order valence-electron chi connectivity index (χ4n) is 1.28. The first-order valence-electron chi connectivity index (χ1n) is 4.88. The normalized spacial score (nSPS) is 15.3. The summed E-state index contributed by atoms with van der Waals surface area (Å²) in [7, 11) is 0. The molecule has 15 heavy (non-hydrogen) atoms. The molecule has 1 aromatic rings. The van der Waals surface area contributed by atoms with Crippen molar-refractivity contribution in [3.63, 3.8) is 0 Å². The molecule has 80 valence electrons. The molecule has 0 atom stereocenters. The standard InChI is InChI=1S/C10H12N2O2S/c1-6-4-9(14)12-10(11-6)15-5-8(13)7-2-3-7/h4,7H,2-3,5H2,1H3,(H,11,12,14). The zero-order valence-corrected chi connectivity index (χ0v) is 9.26. The largest absolute Gasteiger partial charge is 0.301 e. The van der Waals surface area contributed by atoms with Crippen molar-refractivity contribution in [2.45, 2.75) is 24.9 Å². The van der Waals surface area contributed by atoms with Crippen molar-refractivity contribution in [3.05, 3.63) is 22.1 Å². The van der Waals surface area contributed by atoms with Crippen molar-refractivity contribution in [3.8, 4) is 0 Å². The van der Waals surface area contributed by atoms with Crippen LogP contribution in [-0.2, 0) is 4.79 Å². The molecule has 4 nitrogen and oxygen atoms in total. The summed E-state index contributed by atoms with van der Waals surface area (Å²) in [4.78, 5) is 29.3. The van der Waals surface area contributed by atoms with E-state index in [0.717, 1.165) is 12.8 Å². The fourth-order valence-corrected chi connectivity index (χ4v) is 2.18. The average Bonchev–Trinajstić information content (AvgIpc) is 2.95. The van der Waals surface area contributed by atoms with E-state index in [2.05, 4.69) is 9.97 Å². The second kappa shape index (κ2) is 4.18. The van der Waals surface area contributed by atoms with Crippen molar-refractivity contribution in [2.75, 3.05) is 5.75 Å². The van der Waals surface area contributed by atoms with Gasteiger partial charge in [-0.05, 0) is 19.8 Å². The van der Waals surface area contributed by atoms with Crippen molar-refractivity contribution < 1.29 is 4.79 Å². The van der Waals surface area contributed by atoms with E-state index in [1.165, 1.54) is 17.8 Å². The summed E-state index contributed by atoms with van der Waals surface area (Å²) in [6, 6.07) is 1.44. The molecule has 0 unspecified atom stereocenters. The molecule has 0 radical (unpaired) electrons. The van der Waals surface area contributed by atoms with Crippen LogP contribution in [-0.4, -0.2) is 21.5 Å². The van der Waals surface area contributed by atoms with Crippen LogP contribution in [0.4, 0.5) is 0 Å². The number of aryl methyl sites for hydroxylation is 1. The molecule has 0 aromatic carbocycles. The van der Waals surface area contributed by atoms with Gasteiger partial charge in [-0.25, -0.2) is 4.98 Å². The first-order chi connectivity index (χ1) is 7.15. The average molecular weight is 224 g/mol. The van der Waals surface area contributed by atoms with Gasteiger partial charge in [0.1, 0.15) is 5.78 Å². The predicted octanol–water partition coefficient (Wildman–Crippen LogP) is 1.15. The number of aromatic amines is 1. The van der Waals surface area contributed by atoms with E-state index in [4.69, 9.17) is 0 Å². The summed E-state index contributed by atoms with van der Waals surface area (Å²) in [5.41, 5.74) is 0.518. The summed E-state index contributed by atoms with van der Waals surface area (Å²) >= 11 is 1.31. The SMILES string of the molecule is Cc1cc(=O)[nH]c(SCC(=O)C2CC2)n1. The lowest BCUT2D eigenvalue weighted by Crippen LogP contribution is -2.10. The number of nitrogens with zero attached hydrogens (tertiary/aromatic N) is 1. The van der Waals surface area contributed by atoms with Gasteiger partial charge in [0.25, 0.3) is 5.56 Å². The third-order valence-electron chi connectivity index (χ3n) is 2.23. The topological polar surface area (TPSA) is 62.8 Å². The number of hydrogen-bond acceptors (Lipinski definition) is 4. The van der Waals surface area contributed by atoms with Gasteiger partial charge >= 0.3 is 0 Å². The Labute approximate surface area is 91.5 Å². The highest BCUT2D eigenvalue weighted by atomic mass is 32.2. The summed E-state index contributed by atoms with van der Waals surface area (Å²) in [5, 5.41) is 0.536. The number of Topliss-reactive ketones (excluding diaryl/α,β-unsaturated/α-hetero) is 1. The number of ketones is 1. The van der Waals surface area contributed by atoms with Crippen LogP contribution in [0.25, 0.3) is 0 Å². The van der Waals surface area contributed by atoms with E-state index >= 15 is 0 Å². The second-order valence-electron chi connectivity index (χ2n) is 3.72. The summed E-state index contributed by atoms with van der Waals surface area (Å²) < 4.78 is 0. The molecule has 1 aliphatic rings. The fraction of sp³-hybridized carbons (Fsp3) is 0.500. The third-order valence-corrected chi connectivity index (χ3v) is 3.13. The highest BCUT2D eigenvalue weighted by Gasteiger charge is 2.29. The molecule has 0 spiro atoms. The van der Waals surface area contributed by atoms with Crippen molar-refractivity contribution in [1.29, 1.82) is 0 Å². The summed E-state index contributed by atoms with van der Waals surface area (Å²) in [6.45, 7) is 1.77. The van der Waals surface area contributed by atoms with Gasteiger partial charge in [-0.3, -0.25) is 9.59 Å². The quantitative estimate of drug-likeness (QED) is 0.615. The number of hydrogen-bond donors (Lipinski definition) is 1. The zero-order chi connectivity index (χ0) is 10.8. The Morgan fingerprint density at radius 1 is 1.67 bits per heavy atom. The molecule has 1 fully saturated rings. The Kier molecular flexibility index (Phi) is 2.90. The Balaban J connectivity index is 1.97. The van der Waals surface area contributed by atoms with Gasteiger partial charge < -0.3 is 4.98 Å². The van der Waals surface area contributed by atoms with Gasteiger partial charge in [-0.15, -0.1) is 0 Å². The molecule has 0 saturated heterocycles. The van der Waals surface area contributed by atoms with Crippen LogP contribution in [0.2, 0.25) is 0 Å². The molecule has 1 heterocycles. The Morgan fingerprint density at radius 2 is 2.40 bits per heavy atom. The van der Waals surface area contributed by atoms with E-state index in [-0.39, 0.29) is 17.3 Å². The van der Waals surface area contributed by atoms with E-state index in [1.54, 1.807) is 6.92 Å². The lowest BCUT2D eigenvalue weighted by molar-refractivity contribution is -0.117. The molecule has 1 saturated carbocycles. The van der Waals surface area contributed by atoms with Crippen molar-refractivity contribution >= 4 is 17.5 Å². The van der Waals surface area contributed by atoms with E-state index in [0.29, 0.717) is 16.6 Å². The van der Waals surface area contributed by atoms with E-state index < -0.39 is 0 Å². The highest BCUT2D eigenvalue weighted by molar-refractivity contribution is 7.99. The number of aromatic nitrogens is 2. The molecule has 5 heteroatoms. The minimum Gasteiger partial charge on any atom is -0.301 e. The number of carbonyl (C=O) groups is 1. The number of H-pyrrole nitrogens is 1. The first-order valence-corrected chi connectivity index (χ1v) is 5.87. The van der Waals surface area contributed by atoms with Crippen LogP contribution in [0.3, 0.4) is 0 Å². The van der Waals surface area contributed by atoms with Gasteiger partial charge in [-0.1, -0.05) is 11.8 Å². The number of carbonyl (C=O) groups excluding carboxylic acids is 1. The highest BCUT2D eigenvalue weighted by Crippen LogP contribution is 2.31. The van der Waals surface area contributed by atoms with Crippen molar-refractivity contribution in [1.82, 2.24) is 9.97 Å². The lowest BCUT2D eigenvalue weighted by atomic mass is 10.3. The number of rotatable bonds is 4. The minimum atomic E-state index is -0.163. The minimum absolute atomic E-state index is 0.163. The summed E-state index contributed by atoms with van der Waals surface area (Å²) in [6.07, 6.45) is 2.05. The molecule has 1 N–H and O–H groups in total. The van der Waals surface area contributed by atoms with Crippen LogP contribution in [0.15, 0.2) is 16.0 Å². The lowest BCUT2D eigenvalue weighted by Gasteiger charge is -2.00. The first kappa shape index (κ1) is 10.4. The van der Waals surface area contributed by atoms with Crippen LogP contribution < -0.4 is 5.56 Å².